The summed E-state index contributed by atoms with van der Waals surface area (Å²) in [5.74, 6) is 2.19. The van der Waals surface area contributed by atoms with Gasteiger partial charge in [0.1, 0.15) is 0 Å². The molecule has 0 unspecified atom stereocenters. The van der Waals surface area contributed by atoms with Gasteiger partial charge in [-0.1, -0.05) is 126 Å². The minimum absolute atomic E-state index is 0.0542. The zero-order chi connectivity index (χ0) is 43.0. The third-order valence-electron chi connectivity index (χ3n) is 14.6. The fraction of sp³-hybridized carbons (Fsp3) is 0.800. The lowest BCUT2D eigenvalue weighted by Crippen LogP contribution is -2.74. The number of nitrogens with zero attached hydrogens (tertiary/aromatic N) is 1. The predicted molar refractivity (Wildman–Crippen MR) is 263 cm³/mol. The van der Waals surface area contributed by atoms with Crippen molar-refractivity contribution in [3.8, 4) is 0 Å². The zero-order valence-electron chi connectivity index (χ0n) is 39.1. The van der Waals surface area contributed by atoms with Crippen LogP contribution in [0.25, 0.3) is 6.08 Å². The van der Waals surface area contributed by atoms with E-state index >= 15 is 0 Å². The van der Waals surface area contributed by atoms with Crippen LogP contribution >= 0.6 is 23.5 Å². The molecule has 2 heterocycles. The fourth-order valence-electron chi connectivity index (χ4n) is 9.30. The van der Waals surface area contributed by atoms with E-state index in [1.54, 1.807) is 7.11 Å². The van der Waals surface area contributed by atoms with E-state index in [4.69, 9.17) is 22.4 Å². The number of likely N-dealkylation sites (tertiary alicyclic amines) is 1. The molecule has 334 valence electrons. The lowest BCUT2D eigenvalue weighted by Gasteiger charge is -2.56. The number of carbonyl (C=O) groups excluding carboxylic acids is 1. The van der Waals surface area contributed by atoms with E-state index in [1.165, 1.54) is 6.42 Å². The minimum Gasteiger partial charge on any atom is -0.414 e. The topological polar surface area (TPSA) is 66.5 Å². The summed E-state index contributed by atoms with van der Waals surface area (Å²) in [6.07, 6.45) is 3.95. The third-order valence-corrected chi connectivity index (χ3v) is 36.3. The van der Waals surface area contributed by atoms with Crippen molar-refractivity contribution in [2.75, 3.05) is 25.2 Å². The summed E-state index contributed by atoms with van der Waals surface area (Å²) in [5.41, 5.74) is 1.11. The minimum atomic E-state index is -2.31. The van der Waals surface area contributed by atoms with Crippen molar-refractivity contribution >= 4 is 68.8 Å². The van der Waals surface area contributed by atoms with Crippen molar-refractivity contribution in [3.63, 3.8) is 0 Å². The first kappa shape index (κ1) is 52.1. The molecule has 2 fully saturated rings. The number of β-lactam (4-membered cyclic amide) rings is 1. The van der Waals surface area contributed by atoms with Gasteiger partial charge in [-0.3, -0.25) is 4.79 Å². The summed E-state index contributed by atoms with van der Waals surface area (Å²) < 4.78 is 37.5. The maximum atomic E-state index is 14.8. The molecule has 0 radical (unpaired) electrons. The number of rotatable bonds is 29. The Morgan fingerprint density at radius 2 is 1.10 bits per heavy atom. The molecule has 0 aromatic heterocycles. The van der Waals surface area contributed by atoms with Crippen molar-refractivity contribution in [3.05, 3.63) is 42.0 Å². The Hall–Kier alpha value is -0.202. The molecule has 0 spiro atoms. The lowest BCUT2D eigenvalue weighted by atomic mass is 9.90. The summed E-state index contributed by atoms with van der Waals surface area (Å²) in [4.78, 5) is 17.0. The second kappa shape index (κ2) is 25.2. The molecular weight excluding hydrogens is 827 g/mol. The highest BCUT2D eigenvalue weighted by Crippen LogP contribution is 2.45. The van der Waals surface area contributed by atoms with Crippen LogP contribution < -0.4 is 0 Å². The summed E-state index contributed by atoms with van der Waals surface area (Å²) in [7, 11) is -7.11. The molecular formula is C45H85NO6S2Si4. The van der Waals surface area contributed by atoms with Crippen LogP contribution in [0.2, 0.25) is 72.5 Å². The molecule has 0 aliphatic carbocycles. The fourth-order valence-corrected chi connectivity index (χ4v) is 23.7. The Morgan fingerprint density at radius 1 is 0.655 bits per heavy atom. The molecule has 2 saturated heterocycles. The number of amides is 1. The average molecular weight is 913 g/mol. The maximum absolute atomic E-state index is 14.8. The van der Waals surface area contributed by atoms with E-state index in [0.29, 0.717) is 6.61 Å². The molecule has 13 heteroatoms. The van der Waals surface area contributed by atoms with E-state index in [9.17, 15) is 4.79 Å². The number of carbonyl (C=O) groups is 1. The van der Waals surface area contributed by atoms with Gasteiger partial charge in [0.25, 0.3) is 5.91 Å². The van der Waals surface area contributed by atoms with Crippen LogP contribution in [0.4, 0.5) is 0 Å². The van der Waals surface area contributed by atoms with Gasteiger partial charge in [-0.15, -0.1) is 23.5 Å². The van der Waals surface area contributed by atoms with Crippen LogP contribution in [0, 0.1) is 0 Å². The van der Waals surface area contributed by atoms with Crippen molar-refractivity contribution < 1.29 is 27.2 Å². The molecule has 1 aromatic rings. The Morgan fingerprint density at radius 3 is 1.55 bits per heavy atom. The van der Waals surface area contributed by atoms with Gasteiger partial charge in [0, 0.05) is 7.11 Å². The molecule has 58 heavy (non-hydrogen) atoms. The van der Waals surface area contributed by atoms with Crippen molar-refractivity contribution in [1.82, 2.24) is 4.90 Å². The second-order valence-electron chi connectivity index (χ2n) is 16.7. The van der Waals surface area contributed by atoms with Crippen molar-refractivity contribution in [2.45, 2.75) is 203 Å². The SMILES string of the molecule is CC[Si](CC)(CC)OC[C@H](O[Si](CC)(CC)CC)[C@H](O[Si](CC)(CC)CC)[C@@H](O[Si](CC)(CC)CC)[C@H](C1SCCCS1)N1C(=O)[C@@H](OC)[C@H]1/C=C/c1ccccc1. The van der Waals surface area contributed by atoms with Gasteiger partial charge in [-0.2, -0.15) is 0 Å². The summed E-state index contributed by atoms with van der Waals surface area (Å²) in [6.45, 7) is 28.5. The quantitative estimate of drug-likeness (QED) is 0.0582. The first-order valence-electron chi connectivity index (χ1n) is 23.4. The van der Waals surface area contributed by atoms with Gasteiger partial charge in [-0.05, 0) is 96.0 Å². The number of ether oxygens (including phenoxy) is 1. The van der Waals surface area contributed by atoms with Crippen LogP contribution in [0.3, 0.4) is 0 Å². The number of benzene rings is 1. The van der Waals surface area contributed by atoms with E-state index in [0.717, 1.165) is 89.6 Å². The predicted octanol–water partition coefficient (Wildman–Crippen LogP) is 12.7. The third kappa shape index (κ3) is 12.5. The van der Waals surface area contributed by atoms with E-state index < -0.39 is 39.4 Å². The van der Waals surface area contributed by atoms with Crippen LogP contribution in [0.5, 0.6) is 0 Å². The molecule has 2 aliphatic rings. The van der Waals surface area contributed by atoms with Crippen molar-refractivity contribution in [1.29, 1.82) is 0 Å². The van der Waals surface area contributed by atoms with E-state index in [-0.39, 0.29) is 40.9 Å². The molecule has 0 saturated carbocycles. The van der Waals surface area contributed by atoms with Crippen LogP contribution in [0.15, 0.2) is 36.4 Å². The van der Waals surface area contributed by atoms with E-state index in [1.807, 2.05) is 29.6 Å². The lowest BCUT2D eigenvalue weighted by molar-refractivity contribution is -0.178. The second-order valence-corrected chi connectivity index (χ2v) is 38.5. The zero-order valence-corrected chi connectivity index (χ0v) is 44.7. The normalized spacial score (nSPS) is 21.0. The molecule has 2 aliphatic heterocycles. The molecule has 7 nitrogen and oxygen atoms in total. The Balaban J connectivity index is 2.46. The molecule has 0 bridgehead atoms. The van der Waals surface area contributed by atoms with Crippen LogP contribution in [0.1, 0.15) is 95.1 Å². The van der Waals surface area contributed by atoms with Gasteiger partial charge >= 0.3 is 0 Å². The number of methoxy groups -OCH3 is 1. The standard InChI is InChI=1S/C45H85NO6S2Si4/c1-14-55(15-2,16-3)49-36-39(50-56(17-4,18-5)19-6)42(51-57(20-7,21-8)22-9)43(52-58(23-10,24-11)25-12)40(45-53-34-29-35-54-45)46-38(41(48-13)44(46)47)33-32-37-30-27-26-28-31-37/h26-28,30-33,38-43,45H,14-25,29,34-36H2,1-13H3/b33-32+/t38-,39+,40-,41+,42+,43+/m1/s1. The molecule has 3 rings (SSSR count). The Labute approximate surface area is 369 Å². The summed E-state index contributed by atoms with van der Waals surface area (Å²) in [5, 5.41) is 0. The summed E-state index contributed by atoms with van der Waals surface area (Å²) >= 11 is 4.02. The average Bonchev–Trinajstić information content (AvgIpc) is 3.28. The number of hydrogen-bond acceptors (Lipinski definition) is 8. The van der Waals surface area contributed by atoms with Gasteiger partial charge in [0.2, 0.25) is 0 Å². The highest BCUT2D eigenvalue weighted by molar-refractivity contribution is 8.17. The monoisotopic (exact) mass is 911 g/mol. The first-order valence-corrected chi connectivity index (χ1v) is 35.6. The smallest absolute Gasteiger partial charge is 0.255 e. The Bertz CT molecular complexity index is 1310. The first-order chi connectivity index (χ1) is 27.9. The summed E-state index contributed by atoms with van der Waals surface area (Å²) in [6, 6.07) is 22.5. The molecule has 0 N–H and O–H groups in total. The number of hydrogen-bond donors (Lipinski definition) is 0. The van der Waals surface area contributed by atoms with Crippen LogP contribution in [-0.2, 0) is 27.2 Å². The Kier molecular flexibility index (Phi) is 22.6. The highest BCUT2D eigenvalue weighted by atomic mass is 32.2. The molecule has 6 atom stereocenters. The van der Waals surface area contributed by atoms with Gasteiger partial charge in [0.15, 0.2) is 39.4 Å². The molecule has 1 aromatic carbocycles. The highest BCUT2D eigenvalue weighted by Gasteiger charge is 2.58. The number of thioether (sulfide) groups is 2. The van der Waals surface area contributed by atoms with Crippen molar-refractivity contribution in [2.24, 2.45) is 0 Å². The van der Waals surface area contributed by atoms with E-state index in [2.05, 4.69) is 124 Å². The largest absolute Gasteiger partial charge is 0.414 e. The van der Waals surface area contributed by atoms with Gasteiger partial charge in [0.05, 0.1) is 41.6 Å². The molecule has 1 amide bonds. The van der Waals surface area contributed by atoms with Crippen LogP contribution in [-0.4, -0.2) is 110 Å². The van der Waals surface area contributed by atoms with Gasteiger partial charge in [-0.25, -0.2) is 0 Å². The van der Waals surface area contributed by atoms with Gasteiger partial charge < -0.3 is 27.3 Å². The maximum Gasteiger partial charge on any atom is 0.255 e.